The minimum absolute atomic E-state index is 0.0704. The van der Waals surface area contributed by atoms with Gasteiger partial charge in [0.15, 0.2) is 0 Å². The SMILES string of the molecule is CC1CC2CCC1(C(=O)NC(c1ccccc1)C(NC(=O)C13CCC(CC1O)C3(C)C)c1ccccc1)C2(C)C. The van der Waals surface area contributed by atoms with Gasteiger partial charge in [0.2, 0.25) is 11.8 Å². The number of hydrogen-bond donors (Lipinski definition) is 3. The molecule has 0 aromatic heterocycles. The van der Waals surface area contributed by atoms with Gasteiger partial charge in [-0.3, -0.25) is 9.59 Å². The Morgan fingerprint density at radius 3 is 1.52 bits per heavy atom. The third-order valence-electron chi connectivity index (χ3n) is 12.7. The molecule has 5 nitrogen and oxygen atoms in total. The molecule has 0 heterocycles. The van der Waals surface area contributed by atoms with Crippen LogP contribution in [0.2, 0.25) is 0 Å². The molecule has 0 spiro atoms. The molecule has 4 aliphatic carbocycles. The van der Waals surface area contributed by atoms with E-state index in [2.05, 4.69) is 45.3 Å². The molecule has 4 aliphatic rings. The molecule has 8 unspecified atom stereocenters. The molecule has 8 atom stereocenters. The van der Waals surface area contributed by atoms with Crippen molar-refractivity contribution in [1.29, 1.82) is 0 Å². The molecule has 3 N–H and O–H groups in total. The van der Waals surface area contributed by atoms with E-state index in [9.17, 15) is 14.7 Å². The van der Waals surface area contributed by atoms with Crippen molar-refractivity contribution in [2.45, 2.75) is 91.3 Å². The predicted molar refractivity (Wildman–Crippen MR) is 157 cm³/mol. The van der Waals surface area contributed by atoms with E-state index < -0.39 is 29.0 Å². The average Bonchev–Trinajstić information content (AvgIpc) is 3.50. The van der Waals surface area contributed by atoms with Gasteiger partial charge in [0.05, 0.1) is 29.0 Å². The molecule has 6 rings (SSSR count). The third-order valence-corrected chi connectivity index (χ3v) is 12.7. The first-order valence-electron chi connectivity index (χ1n) is 15.4. The van der Waals surface area contributed by atoms with Crippen LogP contribution in [0.1, 0.15) is 96.4 Å². The van der Waals surface area contributed by atoms with Crippen LogP contribution in [0.4, 0.5) is 0 Å². The maximum Gasteiger partial charge on any atom is 0.229 e. The zero-order chi connectivity index (χ0) is 28.5. The predicted octanol–water partition coefficient (Wildman–Crippen LogP) is 6.35. The fraction of sp³-hybridized carbons (Fsp3) is 0.600. The maximum atomic E-state index is 14.5. The molecular weight excluding hydrogens is 496 g/mol. The van der Waals surface area contributed by atoms with Gasteiger partial charge < -0.3 is 15.7 Å². The summed E-state index contributed by atoms with van der Waals surface area (Å²) in [6.07, 6.45) is 4.76. The van der Waals surface area contributed by atoms with Crippen LogP contribution in [0.5, 0.6) is 0 Å². The van der Waals surface area contributed by atoms with Crippen molar-refractivity contribution in [3.63, 3.8) is 0 Å². The largest absolute Gasteiger partial charge is 0.392 e. The van der Waals surface area contributed by atoms with Gasteiger partial charge in [-0.1, -0.05) is 95.3 Å². The van der Waals surface area contributed by atoms with Crippen molar-refractivity contribution in [3.05, 3.63) is 71.8 Å². The Morgan fingerprint density at radius 1 is 0.725 bits per heavy atom. The van der Waals surface area contributed by atoms with Gasteiger partial charge in [-0.15, -0.1) is 0 Å². The van der Waals surface area contributed by atoms with E-state index in [-0.39, 0.29) is 22.6 Å². The molecule has 2 aromatic rings. The van der Waals surface area contributed by atoms with E-state index in [0.29, 0.717) is 30.6 Å². The smallest absolute Gasteiger partial charge is 0.229 e. The molecule has 2 aromatic carbocycles. The van der Waals surface area contributed by atoms with Crippen LogP contribution >= 0.6 is 0 Å². The highest BCUT2D eigenvalue weighted by molar-refractivity contribution is 5.87. The van der Waals surface area contributed by atoms with Gasteiger partial charge in [-0.25, -0.2) is 0 Å². The summed E-state index contributed by atoms with van der Waals surface area (Å²) < 4.78 is 0. The first-order valence-corrected chi connectivity index (χ1v) is 15.4. The van der Waals surface area contributed by atoms with Gasteiger partial charge in [0.1, 0.15) is 0 Å². The Hall–Kier alpha value is -2.66. The summed E-state index contributed by atoms with van der Waals surface area (Å²) in [7, 11) is 0. The summed E-state index contributed by atoms with van der Waals surface area (Å²) in [6.45, 7) is 11.1. The van der Waals surface area contributed by atoms with Crippen LogP contribution < -0.4 is 10.6 Å². The number of hydrogen-bond acceptors (Lipinski definition) is 3. The third kappa shape index (κ3) is 3.62. The normalized spacial score (nSPS) is 36.2. The Bertz CT molecular complexity index is 1170. The quantitative estimate of drug-likeness (QED) is 0.381. The zero-order valence-electron chi connectivity index (χ0n) is 24.7. The maximum absolute atomic E-state index is 14.5. The Labute approximate surface area is 239 Å². The summed E-state index contributed by atoms with van der Waals surface area (Å²) in [5, 5.41) is 18.2. The second-order valence-electron chi connectivity index (χ2n) is 14.5. The Morgan fingerprint density at radius 2 is 1.15 bits per heavy atom. The number of benzene rings is 2. The number of amides is 2. The fourth-order valence-electron chi connectivity index (χ4n) is 10.1. The van der Waals surface area contributed by atoms with E-state index in [1.165, 1.54) is 0 Å². The van der Waals surface area contributed by atoms with Gasteiger partial charge in [-0.2, -0.15) is 0 Å². The van der Waals surface area contributed by atoms with Gasteiger partial charge >= 0.3 is 0 Å². The number of fused-ring (bicyclic) bond motifs is 4. The number of carbonyl (C=O) groups excluding carboxylic acids is 2. The molecule has 4 bridgehead atoms. The summed E-state index contributed by atoms with van der Waals surface area (Å²) in [6, 6.07) is 19.1. The second kappa shape index (κ2) is 9.44. The van der Waals surface area contributed by atoms with Gasteiger partial charge in [-0.05, 0) is 78.2 Å². The number of aliphatic hydroxyl groups excluding tert-OH is 1. The van der Waals surface area contributed by atoms with Crippen LogP contribution in [-0.4, -0.2) is 23.0 Å². The molecule has 0 saturated heterocycles. The van der Waals surface area contributed by atoms with Crippen molar-refractivity contribution in [1.82, 2.24) is 10.6 Å². The topological polar surface area (TPSA) is 78.4 Å². The van der Waals surface area contributed by atoms with E-state index in [1.807, 2.05) is 60.7 Å². The monoisotopic (exact) mass is 542 g/mol. The molecule has 40 heavy (non-hydrogen) atoms. The van der Waals surface area contributed by atoms with E-state index in [1.54, 1.807) is 0 Å². The number of rotatable bonds is 7. The standard InChI is InChI=1S/C35H46N2O3/c1-22-20-25-16-18-34(22,32(25,2)3)30(39)36-28(23-12-8-6-9-13-23)29(24-14-10-7-11-15-24)37-31(40)35-19-17-26(21-27(35)38)33(35,4)5/h6-15,22,25-29,38H,16-21H2,1-5H3,(H,36,39)(H,37,40). The Kier molecular flexibility index (Phi) is 6.49. The molecule has 4 saturated carbocycles. The minimum atomic E-state index is -0.824. The average molecular weight is 543 g/mol. The molecule has 2 amide bonds. The zero-order valence-corrected chi connectivity index (χ0v) is 24.7. The van der Waals surface area contributed by atoms with Gasteiger partial charge in [0, 0.05) is 0 Å². The van der Waals surface area contributed by atoms with Crippen molar-refractivity contribution < 1.29 is 14.7 Å². The first kappa shape index (κ1) is 27.5. The lowest BCUT2D eigenvalue weighted by molar-refractivity contribution is -0.145. The van der Waals surface area contributed by atoms with Crippen molar-refractivity contribution in [2.24, 2.45) is 39.4 Å². The lowest BCUT2D eigenvalue weighted by Crippen LogP contribution is -2.55. The van der Waals surface area contributed by atoms with E-state index >= 15 is 0 Å². The molecular formula is C35H46N2O3. The molecule has 4 fully saturated rings. The fourth-order valence-corrected chi connectivity index (χ4v) is 10.1. The molecule has 5 heteroatoms. The van der Waals surface area contributed by atoms with Crippen molar-refractivity contribution in [3.8, 4) is 0 Å². The lowest BCUT2D eigenvalue weighted by atomic mass is 9.64. The number of carbonyl (C=O) groups is 2. The van der Waals surface area contributed by atoms with E-state index in [0.717, 1.165) is 36.8 Å². The van der Waals surface area contributed by atoms with Crippen LogP contribution in [0, 0.1) is 39.4 Å². The second-order valence-corrected chi connectivity index (χ2v) is 14.5. The highest BCUT2D eigenvalue weighted by Gasteiger charge is 2.68. The highest BCUT2D eigenvalue weighted by Crippen LogP contribution is 2.69. The van der Waals surface area contributed by atoms with Crippen LogP contribution in [-0.2, 0) is 9.59 Å². The van der Waals surface area contributed by atoms with Crippen LogP contribution in [0.25, 0.3) is 0 Å². The lowest BCUT2D eigenvalue weighted by Gasteiger charge is -2.43. The van der Waals surface area contributed by atoms with Crippen LogP contribution in [0.15, 0.2) is 60.7 Å². The minimum Gasteiger partial charge on any atom is -0.392 e. The first-order chi connectivity index (χ1) is 19.0. The van der Waals surface area contributed by atoms with Gasteiger partial charge in [0.25, 0.3) is 0 Å². The number of nitrogens with one attached hydrogen (secondary N) is 2. The summed E-state index contributed by atoms with van der Waals surface area (Å²) in [5.74, 6) is 1.23. The van der Waals surface area contributed by atoms with E-state index in [4.69, 9.17) is 0 Å². The summed E-state index contributed by atoms with van der Waals surface area (Å²) >= 11 is 0. The van der Waals surface area contributed by atoms with Crippen molar-refractivity contribution >= 4 is 11.8 Å². The van der Waals surface area contributed by atoms with Crippen molar-refractivity contribution in [2.75, 3.05) is 0 Å². The molecule has 214 valence electrons. The molecule has 0 aliphatic heterocycles. The Balaban J connectivity index is 1.40. The van der Waals surface area contributed by atoms with Crippen LogP contribution in [0.3, 0.4) is 0 Å². The summed E-state index contributed by atoms with van der Waals surface area (Å²) in [5.41, 5.74) is 0.310. The summed E-state index contributed by atoms with van der Waals surface area (Å²) in [4.78, 5) is 28.9. The molecule has 0 radical (unpaired) electrons. The highest BCUT2D eigenvalue weighted by atomic mass is 16.3. The number of aliphatic hydroxyl groups is 1.